The molecule has 1 aromatic carbocycles. The molecule has 2 atom stereocenters. The molecule has 3 rings (SSSR count). The molecule has 0 unspecified atom stereocenters. The first kappa shape index (κ1) is 19.9. The van der Waals surface area contributed by atoms with Crippen molar-refractivity contribution in [3.63, 3.8) is 0 Å². The van der Waals surface area contributed by atoms with E-state index in [9.17, 15) is 14.7 Å². The molecule has 8 nitrogen and oxygen atoms in total. The first-order valence-corrected chi connectivity index (χ1v) is 8.85. The number of hydrogen-bond donors (Lipinski definition) is 1. The van der Waals surface area contributed by atoms with E-state index in [2.05, 4.69) is 0 Å². The highest BCUT2D eigenvalue weighted by Gasteiger charge is 2.37. The second-order valence-electron chi connectivity index (χ2n) is 6.42. The number of benzene rings is 1. The normalized spacial score (nSPS) is 19.4. The zero-order valence-corrected chi connectivity index (χ0v) is 16.0. The van der Waals surface area contributed by atoms with Crippen LogP contribution >= 0.6 is 0 Å². The zero-order valence-electron chi connectivity index (χ0n) is 16.0. The summed E-state index contributed by atoms with van der Waals surface area (Å²) in [5.74, 6) is 0.907. The van der Waals surface area contributed by atoms with E-state index in [1.807, 2.05) is 0 Å². The van der Waals surface area contributed by atoms with Crippen LogP contribution in [-0.4, -0.2) is 56.0 Å². The van der Waals surface area contributed by atoms with Crippen molar-refractivity contribution in [3.8, 4) is 11.5 Å². The summed E-state index contributed by atoms with van der Waals surface area (Å²) in [6.07, 6.45) is -0.632. The summed E-state index contributed by atoms with van der Waals surface area (Å²) in [6, 6.07) is 7.16. The highest BCUT2D eigenvalue weighted by Crippen LogP contribution is 2.36. The van der Waals surface area contributed by atoms with Crippen LogP contribution in [0.15, 0.2) is 39.5 Å². The highest BCUT2D eigenvalue weighted by molar-refractivity contribution is 5.91. The third-order valence-corrected chi connectivity index (χ3v) is 4.64. The lowest BCUT2D eigenvalue weighted by Crippen LogP contribution is -2.49. The minimum Gasteiger partial charge on any atom is -0.493 e. The van der Waals surface area contributed by atoms with Crippen LogP contribution in [0.4, 0.5) is 0 Å². The Kier molecular flexibility index (Phi) is 6.01. The molecule has 0 saturated carbocycles. The molecule has 0 aliphatic carbocycles. The fourth-order valence-corrected chi connectivity index (χ4v) is 3.40. The van der Waals surface area contributed by atoms with E-state index in [1.54, 1.807) is 30.0 Å². The van der Waals surface area contributed by atoms with E-state index >= 15 is 0 Å². The third kappa shape index (κ3) is 3.88. The van der Waals surface area contributed by atoms with Crippen molar-refractivity contribution in [2.75, 3.05) is 34.0 Å². The number of carbonyl (C=O) groups is 1. The van der Waals surface area contributed by atoms with Crippen LogP contribution in [0.2, 0.25) is 0 Å². The molecule has 1 saturated heterocycles. The Morgan fingerprint density at radius 2 is 1.96 bits per heavy atom. The van der Waals surface area contributed by atoms with Crippen molar-refractivity contribution in [3.05, 3.63) is 57.6 Å². The van der Waals surface area contributed by atoms with E-state index in [4.69, 9.17) is 18.6 Å². The monoisotopic (exact) mass is 389 g/mol. The smallest absolute Gasteiger partial charge is 0.290 e. The van der Waals surface area contributed by atoms with Gasteiger partial charge < -0.3 is 28.6 Å². The van der Waals surface area contributed by atoms with E-state index in [-0.39, 0.29) is 30.9 Å². The first-order chi connectivity index (χ1) is 13.5. The minimum absolute atomic E-state index is 0.0472. The molecule has 2 aromatic rings. The number of aliphatic hydroxyl groups is 1. The largest absolute Gasteiger partial charge is 0.493 e. The summed E-state index contributed by atoms with van der Waals surface area (Å²) in [7, 11) is 3.06. The van der Waals surface area contributed by atoms with E-state index in [1.165, 1.54) is 26.4 Å². The third-order valence-electron chi connectivity index (χ3n) is 4.64. The van der Waals surface area contributed by atoms with Crippen molar-refractivity contribution in [1.29, 1.82) is 0 Å². The summed E-state index contributed by atoms with van der Waals surface area (Å²) in [5.41, 5.74) is 0.404. The van der Waals surface area contributed by atoms with Gasteiger partial charge in [-0.05, 0) is 24.6 Å². The Labute approximate surface area is 162 Å². The quantitative estimate of drug-likeness (QED) is 0.828. The lowest BCUT2D eigenvalue weighted by molar-refractivity contribution is -0.0818. The number of methoxy groups -OCH3 is 2. The van der Waals surface area contributed by atoms with Crippen LogP contribution < -0.4 is 14.9 Å². The molecule has 1 aliphatic rings. The van der Waals surface area contributed by atoms with E-state index in [0.29, 0.717) is 22.8 Å². The minimum atomic E-state index is -0.632. The van der Waals surface area contributed by atoms with Crippen LogP contribution in [0.25, 0.3) is 0 Å². The highest BCUT2D eigenvalue weighted by atomic mass is 16.5. The van der Waals surface area contributed by atoms with Crippen molar-refractivity contribution >= 4 is 5.91 Å². The predicted octanol–water partition coefficient (Wildman–Crippen LogP) is 1.54. The van der Waals surface area contributed by atoms with Crippen molar-refractivity contribution < 1.29 is 28.5 Å². The maximum atomic E-state index is 13.1. The molecule has 1 N–H and O–H groups in total. The average molecular weight is 389 g/mol. The molecule has 1 aliphatic heterocycles. The lowest BCUT2D eigenvalue weighted by Gasteiger charge is -2.40. The summed E-state index contributed by atoms with van der Waals surface area (Å²) >= 11 is 0. The summed E-state index contributed by atoms with van der Waals surface area (Å²) < 4.78 is 21.8. The van der Waals surface area contributed by atoms with Gasteiger partial charge in [0.25, 0.3) is 5.91 Å². The van der Waals surface area contributed by atoms with Gasteiger partial charge in [-0.1, -0.05) is 6.07 Å². The summed E-state index contributed by atoms with van der Waals surface area (Å²) in [4.78, 5) is 26.5. The number of hydrogen-bond acceptors (Lipinski definition) is 7. The predicted molar refractivity (Wildman–Crippen MR) is 99.9 cm³/mol. The maximum Gasteiger partial charge on any atom is 0.290 e. The van der Waals surface area contributed by atoms with Crippen LogP contribution in [0, 0.1) is 6.92 Å². The van der Waals surface area contributed by atoms with Gasteiger partial charge >= 0.3 is 0 Å². The topological polar surface area (TPSA) is 98.4 Å². The average Bonchev–Trinajstić information content (AvgIpc) is 2.71. The number of carbonyl (C=O) groups excluding carboxylic acids is 1. The lowest BCUT2D eigenvalue weighted by atomic mass is 9.97. The molecule has 1 amide bonds. The number of morpholine rings is 1. The van der Waals surface area contributed by atoms with Crippen LogP contribution in [-0.2, 0) is 4.74 Å². The van der Waals surface area contributed by atoms with Gasteiger partial charge in [-0.15, -0.1) is 0 Å². The van der Waals surface area contributed by atoms with Crippen LogP contribution in [0.5, 0.6) is 11.5 Å². The number of rotatable bonds is 5. The summed E-state index contributed by atoms with van der Waals surface area (Å²) in [5, 5.41) is 9.82. The van der Waals surface area contributed by atoms with Crippen molar-refractivity contribution in [1.82, 2.24) is 4.90 Å². The first-order valence-electron chi connectivity index (χ1n) is 8.85. The van der Waals surface area contributed by atoms with Gasteiger partial charge in [-0.3, -0.25) is 9.59 Å². The standard InChI is InChI=1S/C20H23NO7/c1-12-8-14(23)10-17(28-12)20(24)21-6-7-27-18(11-22)19(21)13-4-5-15(25-2)16(9-13)26-3/h4-5,8-10,18-19,22H,6-7,11H2,1-3H3/t18-,19-/m0/s1. The Bertz CT molecular complexity index is 908. The van der Waals surface area contributed by atoms with Crippen LogP contribution in [0.3, 0.4) is 0 Å². The van der Waals surface area contributed by atoms with Gasteiger partial charge in [0.05, 0.1) is 33.5 Å². The molecule has 150 valence electrons. The Morgan fingerprint density at radius 1 is 1.21 bits per heavy atom. The van der Waals surface area contributed by atoms with Gasteiger partial charge in [0, 0.05) is 18.7 Å². The number of nitrogens with zero attached hydrogens (tertiary/aromatic N) is 1. The molecule has 1 fully saturated rings. The van der Waals surface area contributed by atoms with Gasteiger partial charge in [-0.25, -0.2) is 0 Å². The maximum absolute atomic E-state index is 13.1. The molecule has 8 heteroatoms. The molecule has 2 heterocycles. The van der Waals surface area contributed by atoms with Gasteiger partial charge in [-0.2, -0.15) is 0 Å². The molecular weight excluding hydrogens is 366 g/mol. The molecule has 28 heavy (non-hydrogen) atoms. The summed E-state index contributed by atoms with van der Waals surface area (Å²) in [6.45, 7) is 1.88. The van der Waals surface area contributed by atoms with E-state index < -0.39 is 18.1 Å². The van der Waals surface area contributed by atoms with Crippen molar-refractivity contribution in [2.45, 2.75) is 19.1 Å². The zero-order chi connectivity index (χ0) is 20.3. The van der Waals surface area contributed by atoms with Gasteiger partial charge in [0.15, 0.2) is 22.7 Å². The number of ether oxygens (including phenoxy) is 3. The fourth-order valence-electron chi connectivity index (χ4n) is 3.40. The molecule has 1 aromatic heterocycles. The number of aliphatic hydroxyl groups excluding tert-OH is 1. The SMILES string of the molecule is COc1ccc([C@H]2[C@H](CO)OCCN2C(=O)c2cc(=O)cc(C)o2)cc1OC. The number of amides is 1. The second kappa shape index (κ2) is 8.45. The van der Waals surface area contributed by atoms with Crippen LogP contribution in [0.1, 0.15) is 27.9 Å². The Hall–Kier alpha value is -2.84. The molecule has 0 radical (unpaired) electrons. The van der Waals surface area contributed by atoms with Gasteiger partial charge in [0.2, 0.25) is 0 Å². The Morgan fingerprint density at radius 3 is 2.61 bits per heavy atom. The number of aryl methyl sites for hydroxylation is 1. The van der Waals surface area contributed by atoms with E-state index in [0.717, 1.165) is 0 Å². The Balaban J connectivity index is 2.03. The molecule has 0 spiro atoms. The fraction of sp³-hybridized carbons (Fsp3) is 0.400. The molecule has 0 bridgehead atoms. The van der Waals surface area contributed by atoms with Crippen molar-refractivity contribution in [2.24, 2.45) is 0 Å². The van der Waals surface area contributed by atoms with Gasteiger partial charge in [0.1, 0.15) is 11.9 Å². The molecular formula is C20H23NO7. The second-order valence-corrected chi connectivity index (χ2v) is 6.42.